The first-order valence-corrected chi connectivity index (χ1v) is 16.4. The number of rotatable bonds is 15. The maximum atomic E-state index is 14.7. The van der Waals surface area contributed by atoms with Gasteiger partial charge in [0.2, 0.25) is 17.7 Å². The van der Waals surface area contributed by atoms with Crippen molar-refractivity contribution >= 4 is 45.4 Å². The van der Waals surface area contributed by atoms with Crippen LogP contribution in [0.2, 0.25) is 0 Å². The number of likely N-dealkylation sites (tertiary alicyclic amines) is 1. The molecule has 1 N–H and O–H groups in total. The summed E-state index contributed by atoms with van der Waals surface area (Å²) in [5.41, 5.74) is 0. The summed E-state index contributed by atoms with van der Waals surface area (Å²) >= 11 is 5.53. The van der Waals surface area contributed by atoms with Gasteiger partial charge in [0.25, 0.3) is 0 Å². The van der Waals surface area contributed by atoms with E-state index in [4.69, 9.17) is 0 Å². The summed E-state index contributed by atoms with van der Waals surface area (Å²) in [6.45, 7) is 19.2. The zero-order valence-electron chi connectivity index (χ0n) is 24.4. The van der Waals surface area contributed by atoms with Gasteiger partial charge in [-0.15, -0.1) is 24.9 Å². The van der Waals surface area contributed by atoms with Crippen molar-refractivity contribution in [3.63, 3.8) is 0 Å². The molecule has 0 saturated carbocycles. The van der Waals surface area contributed by atoms with Crippen molar-refractivity contribution in [3.8, 4) is 0 Å². The van der Waals surface area contributed by atoms with E-state index in [0.717, 1.165) is 25.7 Å². The van der Waals surface area contributed by atoms with Gasteiger partial charge in [-0.25, -0.2) is 0 Å². The van der Waals surface area contributed by atoms with Gasteiger partial charge in [0.05, 0.1) is 29.2 Å². The molecule has 4 unspecified atom stereocenters. The van der Waals surface area contributed by atoms with E-state index in [-0.39, 0.29) is 46.4 Å². The molecule has 3 fully saturated rings. The van der Waals surface area contributed by atoms with Crippen LogP contribution in [-0.2, 0) is 14.4 Å². The predicted molar refractivity (Wildman–Crippen MR) is 163 cm³/mol. The number of hydrogen-bond acceptors (Lipinski definition) is 5. The van der Waals surface area contributed by atoms with Crippen molar-refractivity contribution in [2.75, 3.05) is 26.2 Å². The molecular formula is C30H48BrN3O4S. The Balaban J connectivity index is 2.17. The highest BCUT2D eigenvalue weighted by Gasteiger charge is 2.76. The number of halogens is 1. The Bertz CT molecular complexity index is 934. The molecule has 220 valence electrons. The van der Waals surface area contributed by atoms with Gasteiger partial charge in [-0.2, -0.15) is 0 Å². The van der Waals surface area contributed by atoms with Crippen molar-refractivity contribution in [3.05, 3.63) is 25.3 Å². The summed E-state index contributed by atoms with van der Waals surface area (Å²) in [4.78, 5) is 48.7. The van der Waals surface area contributed by atoms with Crippen LogP contribution in [-0.4, -0.2) is 96.7 Å². The van der Waals surface area contributed by atoms with Crippen LogP contribution in [0.4, 0.5) is 0 Å². The van der Waals surface area contributed by atoms with E-state index >= 15 is 0 Å². The zero-order chi connectivity index (χ0) is 29.1. The minimum Gasteiger partial charge on any atom is -0.394 e. The molecule has 9 atom stereocenters. The molecule has 0 radical (unpaired) electrons. The van der Waals surface area contributed by atoms with Gasteiger partial charge >= 0.3 is 0 Å². The number of thioether (sulfide) groups is 1. The van der Waals surface area contributed by atoms with E-state index in [1.165, 1.54) is 0 Å². The minimum absolute atomic E-state index is 0.00105. The van der Waals surface area contributed by atoms with Crippen molar-refractivity contribution in [1.82, 2.24) is 14.7 Å². The van der Waals surface area contributed by atoms with Crippen LogP contribution >= 0.6 is 27.7 Å². The van der Waals surface area contributed by atoms with Gasteiger partial charge in [0, 0.05) is 35.8 Å². The van der Waals surface area contributed by atoms with Gasteiger partial charge in [0.1, 0.15) is 6.04 Å². The van der Waals surface area contributed by atoms with E-state index in [1.807, 2.05) is 30.6 Å². The smallest absolute Gasteiger partial charge is 0.247 e. The highest BCUT2D eigenvalue weighted by atomic mass is 79.9. The molecule has 0 aromatic carbocycles. The van der Waals surface area contributed by atoms with Crippen LogP contribution < -0.4 is 0 Å². The fourth-order valence-corrected chi connectivity index (χ4v) is 10.7. The molecular weight excluding hydrogens is 578 g/mol. The lowest BCUT2D eigenvalue weighted by molar-refractivity contribution is -0.148. The summed E-state index contributed by atoms with van der Waals surface area (Å²) in [6, 6.07) is -1.25. The molecule has 7 nitrogen and oxygen atoms in total. The summed E-state index contributed by atoms with van der Waals surface area (Å²) in [5.74, 6) is -1.40. The van der Waals surface area contributed by atoms with Gasteiger partial charge in [-0.05, 0) is 32.1 Å². The Morgan fingerprint density at radius 1 is 1.18 bits per heavy atom. The Kier molecular flexibility index (Phi) is 11.2. The van der Waals surface area contributed by atoms with E-state index in [2.05, 4.69) is 42.9 Å². The highest BCUT2D eigenvalue weighted by molar-refractivity contribution is 9.09. The largest absolute Gasteiger partial charge is 0.394 e. The molecule has 3 saturated heterocycles. The van der Waals surface area contributed by atoms with Crippen molar-refractivity contribution in [1.29, 1.82) is 0 Å². The maximum Gasteiger partial charge on any atom is 0.247 e. The molecule has 3 aliphatic heterocycles. The molecule has 0 aromatic heterocycles. The molecule has 3 amide bonds. The van der Waals surface area contributed by atoms with Crippen molar-refractivity contribution in [2.45, 2.75) is 99.7 Å². The second-order valence-corrected chi connectivity index (χ2v) is 14.3. The summed E-state index contributed by atoms with van der Waals surface area (Å²) < 4.78 is -0.731. The Morgan fingerprint density at radius 2 is 1.85 bits per heavy atom. The Labute approximate surface area is 247 Å². The number of hydrogen-bond donors (Lipinski definition) is 1. The van der Waals surface area contributed by atoms with Crippen molar-refractivity contribution in [2.24, 2.45) is 17.8 Å². The number of carbonyl (C=O) groups is 3. The monoisotopic (exact) mass is 625 g/mol. The number of nitrogens with zero attached hydrogens (tertiary/aromatic N) is 3. The summed E-state index contributed by atoms with van der Waals surface area (Å²) in [7, 11) is 0. The summed E-state index contributed by atoms with van der Waals surface area (Å²) in [5, 5.41) is 10.5. The number of alkyl halides is 1. The van der Waals surface area contributed by atoms with Crippen LogP contribution in [0, 0.1) is 17.8 Å². The van der Waals surface area contributed by atoms with E-state index in [9.17, 15) is 19.5 Å². The number of aliphatic hydroxyl groups excluding tert-OH is 1. The molecule has 9 heteroatoms. The lowest BCUT2D eigenvalue weighted by atomic mass is 9.70. The molecule has 1 spiro atoms. The molecule has 2 bridgehead atoms. The fourth-order valence-electron chi connectivity index (χ4n) is 7.09. The van der Waals surface area contributed by atoms with Gasteiger partial charge in [-0.1, -0.05) is 68.6 Å². The van der Waals surface area contributed by atoms with E-state index < -0.39 is 28.7 Å². The maximum absolute atomic E-state index is 14.7. The lowest BCUT2D eigenvalue weighted by Gasteiger charge is -2.42. The van der Waals surface area contributed by atoms with Crippen LogP contribution in [0.3, 0.4) is 0 Å². The number of aliphatic hydroxyl groups is 1. The van der Waals surface area contributed by atoms with E-state index in [0.29, 0.717) is 26.1 Å². The molecule has 39 heavy (non-hydrogen) atoms. The van der Waals surface area contributed by atoms with Gasteiger partial charge in [0.15, 0.2) is 0 Å². The van der Waals surface area contributed by atoms with Crippen LogP contribution in [0.1, 0.15) is 66.7 Å². The quantitative estimate of drug-likeness (QED) is 0.214. The van der Waals surface area contributed by atoms with Crippen LogP contribution in [0.5, 0.6) is 0 Å². The normalized spacial score (nSPS) is 31.5. The number of amides is 3. The average molecular weight is 627 g/mol. The second-order valence-electron chi connectivity index (χ2n) is 11.5. The van der Waals surface area contributed by atoms with E-state index in [1.54, 1.807) is 28.8 Å². The minimum atomic E-state index is -0.743. The third-order valence-corrected chi connectivity index (χ3v) is 12.3. The van der Waals surface area contributed by atoms with Gasteiger partial charge in [-0.3, -0.25) is 14.4 Å². The van der Waals surface area contributed by atoms with Crippen LogP contribution in [0.25, 0.3) is 0 Å². The lowest BCUT2D eigenvalue weighted by Crippen LogP contribution is -2.60. The Hall–Kier alpha value is -1.32. The predicted octanol–water partition coefficient (Wildman–Crippen LogP) is 4.49. The fraction of sp³-hybridized carbons (Fsp3) is 0.767. The first-order chi connectivity index (χ1) is 18.6. The van der Waals surface area contributed by atoms with Crippen molar-refractivity contribution < 1.29 is 19.5 Å². The standard InChI is InChI=1S/C30H48BrN3O4S/c1-8-13-20(7)33(16-11-4)29(38)26-30-17-21(31)25(39-30)23(27(36)32(14-9-2)15-10-3)24(30)28(37)34(26)22(18-35)19(6)12-5/h9,11,19-26,35H,2,4,8,10,12-18H2,1,3,5-7H3/t19-,20?,21?,22-,23+,24-,25+,26?,30?/m0/s1. The second kappa shape index (κ2) is 13.6. The van der Waals surface area contributed by atoms with Gasteiger partial charge < -0.3 is 19.8 Å². The molecule has 3 heterocycles. The Morgan fingerprint density at radius 3 is 2.38 bits per heavy atom. The molecule has 0 aliphatic carbocycles. The average Bonchev–Trinajstić information content (AvgIpc) is 3.50. The molecule has 3 aliphatic rings. The highest BCUT2D eigenvalue weighted by Crippen LogP contribution is 2.68. The summed E-state index contributed by atoms with van der Waals surface area (Å²) in [6.07, 6.45) is 7.46. The molecule has 0 aromatic rings. The first-order valence-electron chi connectivity index (χ1n) is 14.7. The zero-order valence-corrected chi connectivity index (χ0v) is 26.8. The van der Waals surface area contributed by atoms with Crippen LogP contribution in [0.15, 0.2) is 25.3 Å². The third-order valence-electron chi connectivity index (χ3n) is 9.09. The third kappa shape index (κ3) is 5.61. The first kappa shape index (κ1) is 32.2. The molecule has 3 rings (SSSR count). The topological polar surface area (TPSA) is 81.2 Å². The SMILES string of the molecule is C=CCN(CCC)C(=O)[C@H]1[C@@H]2SC3(CC2Br)C(C(=O)N(CC=C)C(C)CCC)N([C@@H](CO)[C@@H](C)CC)C(=O)[C@H]13. The number of carbonyl (C=O) groups excluding carboxylic acids is 3. The number of fused-ring (bicyclic) bond motifs is 1.